The summed E-state index contributed by atoms with van der Waals surface area (Å²) in [6, 6.07) is 14.7. The smallest absolute Gasteiger partial charge is 0.253 e. The first kappa shape index (κ1) is 22.6. The van der Waals surface area contributed by atoms with E-state index >= 15 is 0 Å². The standard InChI is InChI=1S/C26H30N4O3/c1-26(2,3)28-24(32)18-8-10-19(11-9-18)25(33)30-14-12-29(13-15-30)23(31)16-20-17-27-22-7-5-4-6-21(20)22/h4-11,17,27H,12-16H2,1-3H3,(H,28,32). The number of piperazine rings is 1. The van der Waals surface area contributed by atoms with Crippen molar-refractivity contribution in [1.29, 1.82) is 0 Å². The zero-order valence-electron chi connectivity index (χ0n) is 19.4. The fourth-order valence-electron chi connectivity index (χ4n) is 4.07. The van der Waals surface area contributed by atoms with Crippen molar-refractivity contribution < 1.29 is 14.4 Å². The number of carbonyl (C=O) groups excluding carboxylic acids is 3. The van der Waals surface area contributed by atoms with Gasteiger partial charge in [0.25, 0.3) is 11.8 Å². The molecule has 1 aliphatic rings. The van der Waals surface area contributed by atoms with Gasteiger partial charge in [0, 0.05) is 59.9 Å². The monoisotopic (exact) mass is 446 g/mol. The molecule has 0 atom stereocenters. The summed E-state index contributed by atoms with van der Waals surface area (Å²) < 4.78 is 0. The van der Waals surface area contributed by atoms with E-state index in [4.69, 9.17) is 0 Å². The number of H-pyrrole nitrogens is 1. The highest BCUT2D eigenvalue weighted by molar-refractivity contribution is 5.98. The van der Waals surface area contributed by atoms with Crippen LogP contribution in [-0.4, -0.2) is 64.2 Å². The summed E-state index contributed by atoms with van der Waals surface area (Å²) in [5.41, 5.74) is 2.76. The van der Waals surface area contributed by atoms with Crippen molar-refractivity contribution in [3.63, 3.8) is 0 Å². The van der Waals surface area contributed by atoms with Gasteiger partial charge < -0.3 is 20.1 Å². The van der Waals surface area contributed by atoms with E-state index in [9.17, 15) is 14.4 Å². The molecular weight excluding hydrogens is 416 g/mol. The van der Waals surface area contributed by atoms with Crippen molar-refractivity contribution >= 4 is 28.6 Å². The third kappa shape index (κ3) is 5.25. The minimum absolute atomic E-state index is 0.0704. The second-order valence-corrected chi connectivity index (χ2v) is 9.49. The van der Waals surface area contributed by atoms with Crippen LogP contribution in [0, 0.1) is 0 Å². The van der Waals surface area contributed by atoms with Crippen molar-refractivity contribution in [2.45, 2.75) is 32.7 Å². The molecule has 1 aliphatic heterocycles. The molecule has 0 spiro atoms. The molecule has 3 aromatic rings. The molecule has 3 amide bonds. The fourth-order valence-corrected chi connectivity index (χ4v) is 4.07. The highest BCUT2D eigenvalue weighted by atomic mass is 16.2. The Hall–Kier alpha value is -3.61. The highest BCUT2D eigenvalue weighted by Gasteiger charge is 2.25. The van der Waals surface area contributed by atoms with Crippen LogP contribution in [-0.2, 0) is 11.2 Å². The van der Waals surface area contributed by atoms with E-state index in [0.29, 0.717) is 43.7 Å². The molecule has 172 valence electrons. The molecule has 0 unspecified atom stereocenters. The maximum Gasteiger partial charge on any atom is 0.253 e. The summed E-state index contributed by atoms with van der Waals surface area (Å²) in [7, 11) is 0. The summed E-state index contributed by atoms with van der Waals surface area (Å²) in [4.78, 5) is 44.8. The average molecular weight is 447 g/mol. The number of fused-ring (bicyclic) bond motifs is 1. The Morgan fingerprint density at radius 2 is 1.48 bits per heavy atom. The van der Waals surface area contributed by atoms with Crippen LogP contribution < -0.4 is 5.32 Å². The number of carbonyl (C=O) groups is 3. The Balaban J connectivity index is 1.32. The lowest BCUT2D eigenvalue weighted by Crippen LogP contribution is -2.51. The number of para-hydroxylation sites is 1. The van der Waals surface area contributed by atoms with E-state index in [1.165, 1.54) is 0 Å². The van der Waals surface area contributed by atoms with Crippen molar-refractivity contribution in [2.75, 3.05) is 26.2 Å². The number of hydrogen-bond donors (Lipinski definition) is 2. The van der Waals surface area contributed by atoms with E-state index in [0.717, 1.165) is 16.5 Å². The molecule has 2 aromatic carbocycles. The normalized spacial score (nSPS) is 14.4. The van der Waals surface area contributed by atoms with Crippen LogP contribution in [0.1, 0.15) is 47.1 Å². The number of rotatable bonds is 4. The molecule has 1 fully saturated rings. The first-order chi connectivity index (χ1) is 15.7. The van der Waals surface area contributed by atoms with E-state index < -0.39 is 0 Å². The van der Waals surface area contributed by atoms with Crippen LogP contribution in [0.3, 0.4) is 0 Å². The zero-order valence-corrected chi connectivity index (χ0v) is 19.4. The van der Waals surface area contributed by atoms with E-state index in [1.54, 1.807) is 29.2 Å². The average Bonchev–Trinajstić information content (AvgIpc) is 3.20. The topological polar surface area (TPSA) is 85.5 Å². The summed E-state index contributed by atoms with van der Waals surface area (Å²) in [5.74, 6) is -0.175. The fraction of sp³-hybridized carbons (Fsp3) is 0.346. The Morgan fingerprint density at radius 1 is 0.879 bits per heavy atom. The second kappa shape index (κ2) is 9.10. The summed E-state index contributed by atoms with van der Waals surface area (Å²) in [6.45, 7) is 7.78. The molecule has 0 aliphatic carbocycles. The number of benzene rings is 2. The zero-order chi connectivity index (χ0) is 23.6. The van der Waals surface area contributed by atoms with E-state index in [1.807, 2.05) is 56.1 Å². The first-order valence-electron chi connectivity index (χ1n) is 11.3. The van der Waals surface area contributed by atoms with Gasteiger partial charge in [-0.15, -0.1) is 0 Å². The maximum absolute atomic E-state index is 12.9. The van der Waals surface area contributed by atoms with Crippen molar-refractivity contribution in [3.05, 3.63) is 71.4 Å². The van der Waals surface area contributed by atoms with Crippen molar-refractivity contribution in [2.24, 2.45) is 0 Å². The third-order valence-corrected chi connectivity index (χ3v) is 5.82. The maximum atomic E-state index is 12.9. The molecule has 1 saturated heterocycles. The molecule has 7 heteroatoms. The van der Waals surface area contributed by atoms with Crippen LogP contribution in [0.5, 0.6) is 0 Å². The Labute approximate surface area is 193 Å². The molecule has 1 aromatic heterocycles. The molecule has 4 rings (SSSR count). The molecule has 33 heavy (non-hydrogen) atoms. The van der Waals surface area contributed by atoms with Crippen LogP contribution in [0.25, 0.3) is 10.9 Å². The number of aromatic nitrogens is 1. The summed E-state index contributed by atoms with van der Waals surface area (Å²) in [6.07, 6.45) is 2.24. The number of hydrogen-bond acceptors (Lipinski definition) is 3. The van der Waals surface area contributed by atoms with Gasteiger partial charge in [0.1, 0.15) is 0 Å². The molecular formula is C26H30N4O3. The predicted octanol–water partition coefficient (Wildman–Crippen LogP) is 3.22. The third-order valence-electron chi connectivity index (χ3n) is 5.82. The summed E-state index contributed by atoms with van der Waals surface area (Å²) >= 11 is 0. The van der Waals surface area contributed by atoms with Crippen molar-refractivity contribution in [1.82, 2.24) is 20.1 Å². The molecule has 0 bridgehead atoms. The SMILES string of the molecule is CC(C)(C)NC(=O)c1ccc(C(=O)N2CCN(C(=O)Cc3c[nH]c4ccccc34)CC2)cc1. The number of nitrogens with one attached hydrogen (secondary N) is 2. The Bertz CT molecular complexity index is 1170. The molecule has 2 N–H and O–H groups in total. The quantitative estimate of drug-likeness (QED) is 0.645. The van der Waals surface area contributed by atoms with Gasteiger partial charge in [-0.1, -0.05) is 18.2 Å². The first-order valence-corrected chi connectivity index (χ1v) is 11.3. The van der Waals surface area contributed by atoms with Gasteiger partial charge in [-0.3, -0.25) is 14.4 Å². The lowest BCUT2D eigenvalue weighted by atomic mass is 10.1. The van der Waals surface area contributed by atoms with Crippen LogP contribution in [0.15, 0.2) is 54.7 Å². The summed E-state index contributed by atoms with van der Waals surface area (Å²) in [5, 5.41) is 3.98. The van der Waals surface area contributed by atoms with E-state index in [2.05, 4.69) is 10.3 Å². The van der Waals surface area contributed by atoms with Gasteiger partial charge in [0.15, 0.2) is 0 Å². The minimum Gasteiger partial charge on any atom is -0.361 e. The number of amides is 3. The van der Waals surface area contributed by atoms with Gasteiger partial charge in [-0.25, -0.2) is 0 Å². The minimum atomic E-state index is -0.323. The van der Waals surface area contributed by atoms with Gasteiger partial charge in [0.2, 0.25) is 5.91 Å². The van der Waals surface area contributed by atoms with Crippen LogP contribution >= 0.6 is 0 Å². The van der Waals surface area contributed by atoms with Gasteiger partial charge in [-0.05, 0) is 56.7 Å². The van der Waals surface area contributed by atoms with Crippen LogP contribution in [0.2, 0.25) is 0 Å². The Kier molecular flexibility index (Phi) is 6.22. The van der Waals surface area contributed by atoms with Crippen LogP contribution in [0.4, 0.5) is 0 Å². The highest BCUT2D eigenvalue weighted by Crippen LogP contribution is 2.19. The van der Waals surface area contributed by atoms with Gasteiger partial charge in [0.05, 0.1) is 6.42 Å². The molecule has 2 heterocycles. The number of nitrogens with zero attached hydrogens (tertiary/aromatic N) is 2. The molecule has 7 nitrogen and oxygen atoms in total. The second-order valence-electron chi connectivity index (χ2n) is 9.49. The lowest BCUT2D eigenvalue weighted by Gasteiger charge is -2.35. The van der Waals surface area contributed by atoms with Gasteiger partial charge in [-0.2, -0.15) is 0 Å². The van der Waals surface area contributed by atoms with E-state index in [-0.39, 0.29) is 23.3 Å². The van der Waals surface area contributed by atoms with Crippen molar-refractivity contribution in [3.8, 4) is 0 Å². The Morgan fingerprint density at radius 3 is 2.15 bits per heavy atom. The lowest BCUT2D eigenvalue weighted by molar-refractivity contribution is -0.131. The molecule has 0 saturated carbocycles. The molecule has 0 radical (unpaired) electrons. The number of aromatic amines is 1. The largest absolute Gasteiger partial charge is 0.361 e. The predicted molar refractivity (Wildman–Crippen MR) is 128 cm³/mol. The van der Waals surface area contributed by atoms with Gasteiger partial charge >= 0.3 is 0 Å².